The molecular weight excluding hydrogens is 132 g/mol. The van der Waals surface area contributed by atoms with Crippen LogP contribution < -0.4 is 0 Å². The third-order valence-corrected chi connectivity index (χ3v) is 1.69. The van der Waals surface area contributed by atoms with Crippen molar-refractivity contribution >= 4 is 0 Å². The Hall–Kier alpha value is 0. The molecule has 0 radical (unpaired) electrons. The van der Waals surface area contributed by atoms with Gasteiger partial charge in [0.05, 0.1) is 0 Å². The van der Waals surface area contributed by atoms with E-state index in [0.29, 0.717) is 0 Å². The first kappa shape index (κ1) is 13.6. The van der Waals surface area contributed by atoms with Crippen molar-refractivity contribution in [3.63, 3.8) is 0 Å². The van der Waals surface area contributed by atoms with Crippen LogP contribution in [0.3, 0.4) is 0 Å². The minimum Gasteiger partial charge on any atom is -0.0683 e. The fourth-order valence-electron chi connectivity index (χ4n) is 0. The van der Waals surface area contributed by atoms with Crippen LogP contribution in [0.4, 0.5) is 0 Å². The summed E-state index contributed by atoms with van der Waals surface area (Å²) in [6.07, 6.45) is 4.50. The van der Waals surface area contributed by atoms with Crippen LogP contribution in [0.1, 0.15) is 60.8 Å². The fraction of sp³-hybridized carbons (Fsp3) is 1.00. The van der Waals surface area contributed by atoms with Gasteiger partial charge in [0.25, 0.3) is 0 Å². The molecule has 0 N–H and O–H groups in total. The molecule has 0 bridgehead atoms. The summed E-state index contributed by atoms with van der Waals surface area (Å²) in [5, 5.41) is 0. The second-order valence-corrected chi connectivity index (χ2v) is 3.55. The molecule has 0 atom stereocenters. The second kappa shape index (κ2) is 10.0. The van der Waals surface area contributed by atoms with Gasteiger partial charge in [-0.05, 0) is 11.8 Å². The Labute approximate surface area is 73.4 Å². The van der Waals surface area contributed by atoms with Crippen LogP contribution in [0, 0.1) is 11.8 Å². The third kappa shape index (κ3) is 25.6. The van der Waals surface area contributed by atoms with Crippen LogP contribution in [0.2, 0.25) is 0 Å². The maximum Gasteiger partial charge on any atom is -0.0448 e. The number of hydrogen-bond acceptors (Lipinski definition) is 0. The first-order valence-corrected chi connectivity index (χ1v) is 5.14. The van der Waals surface area contributed by atoms with Crippen LogP contribution in [0.15, 0.2) is 0 Å². The van der Waals surface area contributed by atoms with Crippen molar-refractivity contribution in [1.29, 1.82) is 0 Å². The Morgan fingerprint density at radius 2 is 0.818 bits per heavy atom. The summed E-state index contributed by atoms with van der Waals surface area (Å²) in [7, 11) is 0. The summed E-state index contributed by atoms with van der Waals surface area (Å²) in [4.78, 5) is 0. The zero-order chi connectivity index (χ0) is 9.28. The van der Waals surface area contributed by atoms with Gasteiger partial charge in [0.2, 0.25) is 0 Å². The van der Waals surface area contributed by atoms with E-state index in [-0.39, 0.29) is 0 Å². The van der Waals surface area contributed by atoms with Gasteiger partial charge in [-0.15, -0.1) is 0 Å². The molecule has 1 rings (SSSR count). The first-order chi connectivity index (χ1) is 5.14. The van der Waals surface area contributed by atoms with E-state index in [9.17, 15) is 0 Å². The molecule has 0 amide bonds. The lowest BCUT2D eigenvalue weighted by atomic mass is 10.0. The molecule has 0 spiro atoms. The summed E-state index contributed by atoms with van der Waals surface area (Å²) in [5.74, 6) is 1.70. The molecule has 0 heteroatoms. The molecule has 1 fully saturated rings. The molecule has 0 heterocycles. The molecule has 0 unspecified atom stereocenters. The molecule has 0 aromatic rings. The zero-order valence-corrected chi connectivity index (χ0v) is 9.28. The van der Waals surface area contributed by atoms with Crippen LogP contribution in [-0.4, -0.2) is 0 Å². The summed E-state index contributed by atoms with van der Waals surface area (Å²) < 4.78 is 0. The van der Waals surface area contributed by atoms with E-state index >= 15 is 0 Å². The largest absolute Gasteiger partial charge is 0.0683 e. The molecule has 0 saturated heterocycles. The van der Waals surface area contributed by atoms with Gasteiger partial charge in [-0.1, -0.05) is 60.8 Å². The highest BCUT2D eigenvalue weighted by atomic mass is 14.0. The Morgan fingerprint density at radius 3 is 0.818 bits per heavy atom. The van der Waals surface area contributed by atoms with Crippen molar-refractivity contribution < 1.29 is 0 Å². The van der Waals surface area contributed by atoms with E-state index in [2.05, 4.69) is 27.7 Å². The van der Waals surface area contributed by atoms with E-state index in [0.717, 1.165) is 11.8 Å². The van der Waals surface area contributed by atoms with E-state index < -0.39 is 0 Å². The summed E-state index contributed by atoms with van der Waals surface area (Å²) >= 11 is 0. The van der Waals surface area contributed by atoms with E-state index in [4.69, 9.17) is 0 Å². The predicted octanol–water partition coefficient (Wildman–Crippen LogP) is 4.49. The summed E-state index contributed by atoms with van der Waals surface area (Å²) in [6.45, 7) is 13.0. The fourth-order valence-corrected chi connectivity index (χ4v) is 0. The summed E-state index contributed by atoms with van der Waals surface area (Å²) in [5.41, 5.74) is 0. The van der Waals surface area contributed by atoms with Gasteiger partial charge in [0.15, 0.2) is 0 Å². The quantitative estimate of drug-likeness (QED) is 0.527. The zero-order valence-electron chi connectivity index (χ0n) is 9.28. The lowest BCUT2D eigenvalue weighted by Gasteiger charge is -2.05. The first-order valence-electron chi connectivity index (χ1n) is 5.14. The lowest BCUT2D eigenvalue weighted by molar-refractivity contribution is 0.457. The molecule has 1 aliphatic rings. The molecule has 0 aromatic heterocycles. The van der Waals surface area contributed by atoms with Gasteiger partial charge >= 0.3 is 0 Å². The van der Waals surface area contributed by atoms with Crippen molar-refractivity contribution in [3.05, 3.63) is 0 Å². The van der Waals surface area contributed by atoms with Crippen molar-refractivity contribution in [2.75, 3.05) is 0 Å². The predicted molar refractivity (Wildman–Crippen MR) is 54.9 cm³/mol. The molecule has 11 heavy (non-hydrogen) atoms. The van der Waals surface area contributed by atoms with Crippen LogP contribution >= 0.6 is 0 Å². The summed E-state index contributed by atoms with van der Waals surface area (Å²) in [6, 6.07) is 0. The SMILES string of the molecule is C1CC1.CC.CC(C)C(C)C. The van der Waals surface area contributed by atoms with Crippen molar-refractivity contribution in [3.8, 4) is 0 Å². The maximum absolute atomic E-state index is 2.24. The van der Waals surface area contributed by atoms with Crippen LogP contribution in [0.5, 0.6) is 0 Å². The monoisotopic (exact) mass is 158 g/mol. The molecule has 1 saturated carbocycles. The van der Waals surface area contributed by atoms with Crippen LogP contribution in [0.25, 0.3) is 0 Å². The average molecular weight is 158 g/mol. The molecule has 0 aromatic carbocycles. The highest BCUT2D eigenvalue weighted by molar-refractivity contribution is 4.50. The Balaban J connectivity index is 0. The Bertz CT molecular complexity index is 42.3. The molecular formula is C11H26. The van der Waals surface area contributed by atoms with Crippen molar-refractivity contribution in [1.82, 2.24) is 0 Å². The highest BCUT2D eigenvalue weighted by Crippen LogP contribution is 2.14. The van der Waals surface area contributed by atoms with Crippen LogP contribution in [-0.2, 0) is 0 Å². The van der Waals surface area contributed by atoms with Gasteiger partial charge < -0.3 is 0 Å². The van der Waals surface area contributed by atoms with Crippen molar-refractivity contribution in [2.24, 2.45) is 11.8 Å². The smallest absolute Gasteiger partial charge is 0.0448 e. The number of rotatable bonds is 1. The normalized spacial score (nSPS) is 13.1. The minimum absolute atomic E-state index is 0.852. The van der Waals surface area contributed by atoms with Gasteiger partial charge in [0, 0.05) is 0 Å². The average Bonchev–Trinajstić information content (AvgIpc) is 2.76. The lowest BCUT2D eigenvalue weighted by Crippen LogP contribution is -1.95. The van der Waals surface area contributed by atoms with Gasteiger partial charge in [-0.2, -0.15) is 0 Å². The molecule has 0 nitrogen and oxygen atoms in total. The van der Waals surface area contributed by atoms with Gasteiger partial charge in [0.1, 0.15) is 0 Å². The second-order valence-electron chi connectivity index (χ2n) is 3.55. The molecule has 0 aliphatic heterocycles. The Kier molecular flexibility index (Phi) is 12.3. The van der Waals surface area contributed by atoms with E-state index in [1.807, 2.05) is 13.8 Å². The Morgan fingerprint density at radius 1 is 0.636 bits per heavy atom. The molecule has 1 aliphatic carbocycles. The standard InChI is InChI=1S/C6H14.C3H6.C2H6/c1-5(2)6(3)4;1-2-3-1;1-2/h5-6H,1-4H3;1-3H2;1-2H3. The van der Waals surface area contributed by atoms with E-state index in [1.54, 1.807) is 0 Å². The topological polar surface area (TPSA) is 0 Å². The van der Waals surface area contributed by atoms with Gasteiger partial charge in [-0.3, -0.25) is 0 Å². The third-order valence-electron chi connectivity index (χ3n) is 1.69. The maximum atomic E-state index is 2.24. The molecule has 70 valence electrons. The minimum atomic E-state index is 0.852. The highest BCUT2D eigenvalue weighted by Gasteiger charge is 1.95. The van der Waals surface area contributed by atoms with E-state index in [1.165, 1.54) is 19.3 Å². The van der Waals surface area contributed by atoms with Crippen molar-refractivity contribution in [2.45, 2.75) is 60.8 Å². The van der Waals surface area contributed by atoms with Gasteiger partial charge in [-0.25, -0.2) is 0 Å². The number of hydrogen-bond donors (Lipinski definition) is 0.